The van der Waals surface area contributed by atoms with E-state index in [4.69, 9.17) is 35.2 Å². The van der Waals surface area contributed by atoms with Crippen LogP contribution < -0.4 is 35.2 Å². The highest BCUT2D eigenvalue weighted by atomic mass is 16.5. The largest absolute Gasteiger partial charge is 0.493 e. The van der Waals surface area contributed by atoms with E-state index in [1.165, 1.54) is 16.7 Å². The molecule has 46 heavy (non-hydrogen) atoms. The second-order valence-electron chi connectivity index (χ2n) is 12.6. The number of nitrogen functional groups attached to an aromatic ring is 2. The summed E-state index contributed by atoms with van der Waals surface area (Å²) >= 11 is 0. The minimum atomic E-state index is -0.0601. The molecule has 9 heteroatoms. The highest BCUT2D eigenvalue weighted by Crippen LogP contribution is 2.52. The fraction of sp³-hybridized carbons (Fsp3) is 0.351. The Morgan fingerprint density at radius 3 is 2.09 bits per heavy atom. The van der Waals surface area contributed by atoms with Gasteiger partial charge in [-0.15, -0.1) is 0 Å². The second kappa shape index (κ2) is 12.0. The molecule has 4 aromatic rings. The van der Waals surface area contributed by atoms with Gasteiger partial charge in [0.2, 0.25) is 5.75 Å². The number of fused-ring (bicyclic) bond motifs is 2. The molecule has 4 heterocycles. The summed E-state index contributed by atoms with van der Waals surface area (Å²) in [5, 5.41) is 0. The summed E-state index contributed by atoms with van der Waals surface area (Å²) in [7, 11) is 9.33. The Balaban J connectivity index is 1.48. The molecule has 4 aliphatic rings. The van der Waals surface area contributed by atoms with Crippen LogP contribution in [0, 0.1) is 0 Å². The first kappa shape index (κ1) is 30.1. The predicted molar refractivity (Wildman–Crippen MR) is 180 cm³/mol. The van der Waals surface area contributed by atoms with Gasteiger partial charge in [-0.1, -0.05) is 12.1 Å². The highest BCUT2D eigenvalue weighted by molar-refractivity contribution is 5.73. The van der Waals surface area contributed by atoms with Crippen molar-refractivity contribution in [2.45, 2.75) is 37.8 Å². The Morgan fingerprint density at radius 2 is 1.37 bits per heavy atom. The summed E-state index contributed by atoms with van der Waals surface area (Å²) < 4.78 is 31.2. The van der Waals surface area contributed by atoms with Gasteiger partial charge in [-0.3, -0.25) is 9.80 Å². The molecule has 0 amide bonds. The molecule has 4 aromatic carbocycles. The zero-order chi connectivity index (χ0) is 32.1. The molecule has 4 aliphatic heterocycles. The second-order valence-corrected chi connectivity index (χ2v) is 12.6. The molecule has 0 fully saturated rings. The summed E-state index contributed by atoms with van der Waals surface area (Å²) in [4.78, 5) is 4.76. The topological polar surface area (TPSA) is 105 Å². The highest BCUT2D eigenvalue weighted by Gasteiger charge is 2.34. The minimum Gasteiger partial charge on any atom is -0.493 e. The van der Waals surface area contributed by atoms with Gasteiger partial charge in [0.15, 0.2) is 28.7 Å². The Hall–Kier alpha value is -4.60. The first-order valence-electron chi connectivity index (χ1n) is 15.8. The molecular weight excluding hydrogens is 580 g/mol. The lowest BCUT2D eigenvalue weighted by atomic mass is 9.87. The van der Waals surface area contributed by atoms with E-state index in [-0.39, 0.29) is 12.1 Å². The van der Waals surface area contributed by atoms with Crippen molar-refractivity contribution in [2.24, 2.45) is 0 Å². The SMILES string of the molecule is COc1cc2c3cc1Oc1c(OC)c(OC)cc4c1C(Cc1cc(N)c(N)c(c1)Oc1ccc(cc1)CC3N(C)CC2)N(C)CC4. The molecule has 0 saturated heterocycles. The van der Waals surface area contributed by atoms with Crippen molar-refractivity contribution in [1.29, 1.82) is 0 Å². The molecule has 2 unspecified atom stereocenters. The van der Waals surface area contributed by atoms with Crippen LogP contribution in [0.1, 0.15) is 45.5 Å². The quantitative estimate of drug-likeness (QED) is 0.254. The van der Waals surface area contributed by atoms with Gasteiger partial charge in [0.25, 0.3) is 0 Å². The van der Waals surface area contributed by atoms with Crippen LogP contribution in [0.15, 0.2) is 54.6 Å². The van der Waals surface area contributed by atoms with Gasteiger partial charge in [-0.25, -0.2) is 0 Å². The maximum Gasteiger partial charge on any atom is 0.204 e. The van der Waals surface area contributed by atoms with Gasteiger partial charge in [0.1, 0.15) is 5.75 Å². The normalized spacial score (nSPS) is 19.2. The Kier molecular flexibility index (Phi) is 7.82. The summed E-state index contributed by atoms with van der Waals surface area (Å²) in [6, 6.07) is 18.7. The molecule has 2 atom stereocenters. The van der Waals surface area contributed by atoms with E-state index in [9.17, 15) is 0 Å². The number of anilines is 2. The molecule has 8 rings (SSSR count). The van der Waals surface area contributed by atoms with Crippen LogP contribution in [0.4, 0.5) is 11.4 Å². The third-order valence-corrected chi connectivity index (χ3v) is 9.85. The first-order valence-corrected chi connectivity index (χ1v) is 15.8. The smallest absolute Gasteiger partial charge is 0.204 e. The fourth-order valence-electron chi connectivity index (χ4n) is 7.26. The van der Waals surface area contributed by atoms with Crippen LogP contribution in [-0.4, -0.2) is 58.3 Å². The van der Waals surface area contributed by atoms with Crippen molar-refractivity contribution in [3.05, 3.63) is 88.0 Å². The van der Waals surface area contributed by atoms with Crippen LogP contribution in [0.5, 0.6) is 40.2 Å². The van der Waals surface area contributed by atoms with Crippen LogP contribution in [0.3, 0.4) is 0 Å². The van der Waals surface area contributed by atoms with Crippen LogP contribution in [0.2, 0.25) is 0 Å². The van der Waals surface area contributed by atoms with Crippen LogP contribution in [-0.2, 0) is 25.7 Å². The summed E-state index contributed by atoms with van der Waals surface area (Å²) in [6.07, 6.45) is 3.23. The molecule has 0 radical (unpaired) electrons. The van der Waals surface area contributed by atoms with Gasteiger partial charge in [0.05, 0.1) is 32.7 Å². The van der Waals surface area contributed by atoms with Gasteiger partial charge in [-0.05, 0) is 110 Å². The maximum atomic E-state index is 7.01. The van der Waals surface area contributed by atoms with E-state index < -0.39 is 0 Å². The lowest BCUT2D eigenvalue weighted by Gasteiger charge is -2.37. The zero-order valence-corrected chi connectivity index (χ0v) is 27.2. The lowest BCUT2D eigenvalue weighted by molar-refractivity contribution is 0.220. The molecule has 0 spiro atoms. The lowest BCUT2D eigenvalue weighted by Crippen LogP contribution is -2.34. The number of hydrogen-bond acceptors (Lipinski definition) is 9. The standard InChI is InChI=1S/C37H42N4O5/c1-40-12-10-23-18-30(42-3)31-20-26(23)28(40)15-21-6-8-25(9-7-21)45-32-17-22(14-27(38)35(32)39)16-29-34-24(11-13-41(29)2)19-33(43-4)36(44-5)37(34)46-31/h6-9,14,17-20,28-29H,10-13,15-16,38-39H2,1-5H3. The first-order chi connectivity index (χ1) is 22.3. The number of methoxy groups -OCH3 is 3. The molecule has 0 aromatic heterocycles. The van der Waals surface area contributed by atoms with Crippen molar-refractivity contribution in [1.82, 2.24) is 9.80 Å². The van der Waals surface area contributed by atoms with Crippen molar-refractivity contribution in [3.63, 3.8) is 0 Å². The summed E-state index contributed by atoms with van der Waals surface area (Å²) in [6.45, 7) is 1.81. The third kappa shape index (κ3) is 5.23. The van der Waals surface area contributed by atoms with E-state index in [1.54, 1.807) is 21.3 Å². The minimum absolute atomic E-state index is 0.0601. The fourth-order valence-corrected chi connectivity index (χ4v) is 7.26. The maximum absolute atomic E-state index is 7.01. The third-order valence-electron chi connectivity index (χ3n) is 9.85. The number of benzene rings is 4. The van der Waals surface area contributed by atoms with Gasteiger partial charge in [0, 0.05) is 30.7 Å². The average Bonchev–Trinajstić information content (AvgIpc) is 3.05. The van der Waals surface area contributed by atoms with Gasteiger partial charge >= 0.3 is 0 Å². The molecule has 4 N–H and O–H groups in total. The van der Waals surface area contributed by atoms with Crippen molar-refractivity contribution >= 4 is 11.4 Å². The van der Waals surface area contributed by atoms with Gasteiger partial charge in [-0.2, -0.15) is 0 Å². The Labute approximate surface area is 270 Å². The number of hydrogen-bond donors (Lipinski definition) is 2. The number of likely N-dealkylation sites (N-methyl/N-ethyl adjacent to an activating group) is 2. The molecule has 0 aliphatic carbocycles. The van der Waals surface area contributed by atoms with E-state index in [0.29, 0.717) is 58.0 Å². The molecule has 240 valence electrons. The number of rotatable bonds is 3. The van der Waals surface area contributed by atoms with Crippen molar-refractivity contribution in [3.8, 4) is 40.2 Å². The molecular formula is C37H42N4O5. The molecule has 0 saturated carbocycles. The Morgan fingerprint density at radius 1 is 0.696 bits per heavy atom. The monoisotopic (exact) mass is 622 g/mol. The van der Waals surface area contributed by atoms with E-state index >= 15 is 0 Å². The van der Waals surface area contributed by atoms with Crippen molar-refractivity contribution in [2.75, 3.05) is 60.0 Å². The number of nitrogens with zero attached hydrogens (tertiary/aromatic N) is 2. The van der Waals surface area contributed by atoms with Crippen LogP contribution >= 0.6 is 0 Å². The predicted octanol–water partition coefficient (Wildman–Crippen LogP) is 6.32. The van der Waals surface area contributed by atoms with E-state index in [2.05, 4.69) is 54.2 Å². The zero-order valence-electron chi connectivity index (χ0n) is 27.2. The summed E-state index contributed by atoms with van der Waals surface area (Å²) in [5.41, 5.74) is 20.7. The summed E-state index contributed by atoms with van der Waals surface area (Å²) in [5.74, 6) is 4.40. The average molecular weight is 623 g/mol. The number of nitrogens with two attached hydrogens (primary N) is 2. The van der Waals surface area contributed by atoms with E-state index in [1.807, 2.05) is 24.3 Å². The molecule has 6 bridgehead atoms. The van der Waals surface area contributed by atoms with E-state index in [0.717, 1.165) is 49.0 Å². The Bertz CT molecular complexity index is 1790. The molecule has 9 nitrogen and oxygen atoms in total. The van der Waals surface area contributed by atoms with Crippen molar-refractivity contribution < 1.29 is 23.7 Å². The van der Waals surface area contributed by atoms with Gasteiger partial charge < -0.3 is 35.2 Å². The van der Waals surface area contributed by atoms with Crippen LogP contribution in [0.25, 0.3) is 0 Å². The number of ether oxygens (including phenoxy) is 5.